The van der Waals surface area contributed by atoms with E-state index in [1.165, 1.54) is 23.1 Å². The number of anilines is 1. The first-order valence-corrected chi connectivity index (χ1v) is 14.2. The number of thioether (sulfide) groups is 1. The molecule has 36 heavy (non-hydrogen) atoms. The van der Waals surface area contributed by atoms with E-state index in [1.54, 1.807) is 6.07 Å². The Morgan fingerprint density at radius 2 is 1.92 bits per heavy atom. The third kappa shape index (κ3) is 4.58. The molecule has 2 atom stereocenters. The number of amides is 1. The lowest BCUT2D eigenvalue weighted by molar-refractivity contribution is -0.113. The Bertz CT molecular complexity index is 1520. The molecule has 1 N–H and O–H groups in total. The van der Waals surface area contributed by atoms with E-state index < -0.39 is 0 Å². The van der Waals surface area contributed by atoms with Crippen molar-refractivity contribution in [2.24, 2.45) is 5.92 Å². The molecule has 6 rings (SSSR count). The van der Waals surface area contributed by atoms with Crippen molar-refractivity contribution >= 4 is 61.4 Å². The molecule has 2 aliphatic rings. The minimum absolute atomic E-state index is 0.0788. The molecule has 2 aromatic heterocycles. The number of rotatable bonds is 4. The number of hydrogen-bond acceptors (Lipinski definition) is 6. The number of aromatic nitrogens is 2. The van der Waals surface area contributed by atoms with Gasteiger partial charge in [0.05, 0.1) is 11.4 Å². The summed E-state index contributed by atoms with van der Waals surface area (Å²) in [5.74, 6) is 0.813. The molecule has 1 saturated heterocycles. The molecule has 0 spiro atoms. The van der Waals surface area contributed by atoms with E-state index in [0.29, 0.717) is 17.0 Å². The van der Waals surface area contributed by atoms with Gasteiger partial charge in [0.25, 0.3) is 5.56 Å². The van der Waals surface area contributed by atoms with Gasteiger partial charge in [0.15, 0.2) is 5.13 Å². The number of nitrogens with zero attached hydrogens (tertiary/aromatic N) is 3. The molecule has 9 heteroatoms. The summed E-state index contributed by atoms with van der Waals surface area (Å²) in [6, 6.07) is 19.9. The number of piperidine rings is 1. The Labute approximate surface area is 222 Å². The van der Waals surface area contributed by atoms with Crippen LogP contribution in [-0.4, -0.2) is 43.5 Å². The highest BCUT2D eigenvalue weighted by Crippen LogP contribution is 2.36. The van der Waals surface area contributed by atoms with Crippen molar-refractivity contribution in [2.45, 2.75) is 18.9 Å². The maximum Gasteiger partial charge on any atom is 0.250 e. The summed E-state index contributed by atoms with van der Waals surface area (Å²) in [5, 5.41) is 7.80. The van der Waals surface area contributed by atoms with Crippen LogP contribution < -0.4 is 10.9 Å². The molecule has 4 heterocycles. The van der Waals surface area contributed by atoms with Gasteiger partial charge in [-0.2, -0.15) is 0 Å². The lowest BCUT2D eigenvalue weighted by Gasteiger charge is -2.43. The number of nitrogens with one attached hydrogen (secondary N) is 1. The first kappa shape index (κ1) is 23.4. The highest BCUT2D eigenvalue weighted by Gasteiger charge is 2.35. The molecule has 0 aliphatic carbocycles. The van der Waals surface area contributed by atoms with Crippen molar-refractivity contribution in [3.63, 3.8) is 0 Å². The fourth-order valence-corrected chi connectivity index (χ4v) is 7.03. The normalized spacial score (nSPS) is 18.6. The number of thiocarbonyl (C=S) groups is 1. The Balaban J connectivity index is 1.07. The fraction of sp³-hybridized carbons (Fsp3) is 0.259. The van der Waals surface area contributed by atoms with E-state index in [1.807, 2.05) is 34.2 Å². The average Bonchev–Trinajstić information content (AvgIpc) is 3.35. The van der Waals surface area contributed by atoms with Crippen LogP contribution in [-0.2, 0) is 11.3 Å². The predicted octanol–water partition coefficient (Wildman–Crippen LogP) is 5.20. The Hall–Kier alpha value is -3.01. The second-order valence-electron chi connectivity index (χ2n) is 9.27. The minimum Gasteiger partial charge on any atom is -0.356 e. The first-order valence-electron chi connectivity index (χ1n) is 11.9. The lowest BCUT2D eigenvalue weighted by atomic mass is 9.83. The third-order valence-electron chi connectivity index (χ3n) is 6.88. The van der Waals surface area contributed by atoms with Crippen LogP contribution in [0.3, 0.4) is 0 Å². The lowest BCUT2D eigenvalue weighted by Crippen LogP contribution is -2.48. The van der Waals surface area contributed by atoms with Crippen LogP contribution in [0, 0.1) is 5.92 Å². The zero-order valence-electron chi connectivity index (χ0n) is 19.4. The molecule has 2 aromatic carbocycles. The highest BCUT2D eigenvalue weighted by atomic mass is 32.2. The van der Waals surface area contributed by atoms with Crippen molar-refractivity contribution < 1.29 is 4.79 Å². The smallest absolute Gasteiger partial charge is 0.250 e. The van der Waals surface area contributed by atoms with Gasteiger partial charge in [-0.1, -0.05) is 72.5 Å². The molecule has 4 aromatic rings. The number of hydrogen-bond donors (Lipinski definition) is 1. The SMILES string of the molecule is O=C(CSC(=S)N1CC2CC(C1)c1cccc(=O)n1C2)Nc1nc(-c2cccc3ccccc23)cs1. The van der Waals surface area contributed by atoms with Gasteiger partial charge in [0, 0.05) is 48.3 Å². The number of carbonyl (C=O) groups is 1. The van der Waals surface area contributed by atoms with Crippen molar-refractivity contribution in [2.75, 3.05) is 24.2 Å². The third-order valence-corrected chi connectivity index (χ3v) is 9.16. The van der Waals surface area contributed by atoms with Crippen molar-refractivity contribution in [3.8, 4) is 11.3 Å². The number of thiazole rings is 1. The maximum atomic E-state index is 12.7. The maximum absolute atomic E-state index is 12.7. The zero-order valence-corrected chi connectivity index (χ0v) is 21.9. The highest BCUT2D eigenvalue weighted by molar-refractivity contribution is 8.23. The second-order valence-corrected chi connectivity index (χ2v) is 11.7. The zero-order chi connectivity index (χ0) is 24.6. The van der Waals surface area contributed by atoms with Gasteiger partial charge in [-0.25, -0.2) is 4.98 Å². The van der Waals surface area contributed by atoms with Crippen LogP contribution in [0.5, 0.6) is 0 Å². The summed E-state index contributed by atoms with van der Waals surface area (Å²) < 4.78 is 2.66. The second kappa shape index (κ2) is 9.80. The summed E-state index contributed by atoms with van der Waals surface area (Å²) in [5.41, 5.74) is 3.09. The number of fused-ring (bicyclic) bond motifs is 5. The molecule has 182 valence electrons. The van der Waals surface area contributed by atoms with Gasteiger partial charge in [0.2, 0.25) is 5.91 Å². The quantitative estimate of drug-likeness (QED) is 0.365. The van der Waals surface area contributed by atoms with Crippen molar-refractivity contribution in [1.29, 1.82) is 0 Å². The Morgan fingerprint density at radius 3 is 2.83 bits per heavy atom. The standard InChI is InChI=1S/C27H24N4O2S3/c32-24(29-26-28-22(15-35-26)21-8-3-6-18-5-1-2-7-20(18)21)16-36-27(34)30-12-17-11-19(14-30)23-9-4-10-25(33)31(23)13-17/h1-10,15,17,19H,11-14,16H2,(H,28,29,32). The van der Waals surface area contributed by atoms with Crippen LogP contribution in [0.15, 0.2) is 70.8 Å². The molecule has 0 radical (unpaired) electrons. The topological polar surface area (TPSA) is 67.2 Å². The summed E-state index contributed by atoms with van der Waals surface area (Å²) in [4.78, 5) is 31.8. The Kier molecular flexibility index (Phi) is 6.37. The van der Waals surface area contributed by atoms with E-state index in [-0.39, 0.29) is 17.2 Å². The summed E-state index contributed by atoms with van der Waals surface area (Å²) in [6.45, 7) is 2.35. The fourth-order valence-electron chi connectivity index (χ4n) is 5.32. The largest absolute Gasteiger partial charge is 0.356 e. The van der Waals surface area contributed by atoms with Gasteiger partial charge < -0.3 is 14.8 Å². The Morgan fingerprint density at radius 1 is 1.08 bits per heavy atom. The van der Waals surface area contributed by atoms with E-state index in [2.05, 4.69) is 45.5 Å². The van der Waals surface area contributed by atoms with E-state index in [4.69, 9.17) is 12.2 Å². The van der Waals surface area contributed by atoms with Crippen LogP contribution in [0.2, 0.25) is 0 Å². The molecule has 2 unspecified atom stereocenters. The van der Waals surface area contributed by atoms with Gasteiger partial charge in [-0.05, 0) is 29.2 Å². The predicted molar refractivity (Wildman–Crippen MR) is 152 cm³/mol. The van der Waals surface area contributed by atoms with Crippen molar-refractivity contribution in [3.05, 3.63) is 82.1 Å². The molecule has 0 saturated carbocycles. The molecule has 2 bridgehead atoms. The van der Waals surface area contributed by atoms with Crippen LogP contribution >= 0.6 is 35.3 Å². The summed E-state index contributed by atoms with van der Waals surface area (Å²) in [6.07, 6.45) is 1.08. The monoisotopic (exact) mass is 532 g/mol. The number of likely N-dealkylation sites (tertiary alicyclic amines) is 1. The molecular weight excluding hydrogens is 509 g/mol. The molecule has 1 fully saturated rings. The minimum atomic E-state index is -0.115. The van der Waals surface area contributed by atoms with E-state index in [0.717, 1.165) is 58.1 Å². The summed E-state index contributed by atoms with van der Waals surface area (Å²) >= 11 is 8.52. The van der Waals surface area contributed by atoms with Crippen molar-refractivity contribution in [1.82, 2.24) is 14.5 Å². The summed E-state index contributed by atoms with van der Waals surface area (Å²) in [7, 11) is 0. The van der Waals surface area contributed by atoms with E-state index in [9.17, 15) is 9.59 Å². The van der Waals surface area contributed by atoms with Gasteiger partial charge in [-0.15, -0.1) is 11.3 Å². The number of carbonyl (C=O) groups excluding carboxylic acids is 1. The first-order chi connectivity index (χ1) is 17.5. The molecule has 2 aliphatic heterocycles. The molecule has 6 nitrogen and oxygen atoms in total. The average molecular weight is 533 g/mol. The van der Waals surface area contributed by atoms with E-state index >= 15 is 0 Å². The number of benzene rings is 2. The van der Waals surface area contributed by atoms with Gasteiger partial charge in [0.1, 0.15) is 4.32 Å². The molecule has 1 amide bonds. The van der Waals surface area contributed by atoms with Crippen LogP contribution in [0.4, 0.5) is 5.13 Å². The van der Waals surface area contributed by atoms with Crippen LogP contribution in [0.25, 0.3) is 22.0 Å². The number of pyridine rings is 1. The van der Waals surface area contributed by atoms with Gasteiger partial charge >= 0.3 is 0 Å². The molecular formula is C27H24N4O2S3. The van der Waals surface area contributed by atoms with Gasteiger partial charge in [-0.3, -0.25) is 9.59 Å². The van der Waals surface area contributed by atoms with Crippen LogP contribution in [0.1, 0.15) is 18.0 Å².